The van der Waals surface area contributed by atoms with Crippen molar-refractivity contribution in [1.82, 2.24) is 0 Å². The van der Waals surface area contributed by atoms with E-state index in [2.05, 4.69) is 5.32 Å². The van der Waals surface area contributed by atoms with Crippen LogP contribution in [0.15, 0.2) is 52.3 Å². The fraction of sp³-hybridized carbons (Fsp3) is 0.294. The van der Waals surface area contributed by atoms with Crippen LogP contribution in [0, 0.1) is 0 Å². The molecule has 0 atom stereocenters. The van der Waals surface area contributed by atoms with Gasteiger partial charge in [-0.15, -0.1) is 0 Å². The molecule has 0 bridgehead atoms. The SMILES string of the molecule is COc1ccc(OCCNc2ccc(S(C)(=O)=O)cc2S(C)(=O)=O)cc1. The van der Waals surface area contributed by atoms with Crippen LogP contribution in [0.2, 0.25) is 0 Å². The third-order valence-electron chi connectivity index (χ3n) is 3.53. The summed E-state index contributed by atoms with van der Waals surface area (Å²) in [6, 6.07) is 11.1. The maximum absolute atomic E-state index is 12.0. The Bertz CT molecular complexity index is 967. The van der Waals surface area contributed by atoms with Crippen molar-refractivity contribution < 1.29 is 26.3 Å². The molecule has 0 spiro atoms. The highest BCUT2D eigenvalue weighted by Gasteiger charge is 2.17. The molecular weight excluding hydrogens is 378 g/mol. The lowest BCUT2D eigenvalue weighted by molar-refractivity contribution is 0.331. The van der Waals surface area contributed by atoms with E-state index in [-0.39, 0.29) is 9.79 Å². The van der Waals surface area contributed by atoms with E-state index in [4.69, 9.17) is 9.47 Å². The number of hydrogen-bond donors (Lipinski definition) is 1. The van der Waals surface area contributed by atoms with Crippen LogP contribution >= 0.6 is 0 Å². The number of ether oxygens (including phenoxy) is 2. The maximum atomic E-state index is 12.0. The Balaban J connectivity index is 2.06. The lowest BCUT2D eigenvalue weighted by Crippen LogP contribution is -2.14. The summed E-state index contributed by atoms with van der Waals surface area (Å²) in [7, 11) is -5.51. The molecule has 0 aliphatic rings. The van der Waals surface area contributed by atoms with Crippen LogP contribution in [0.3, 0.4) is 0 Å². The number of methoxy groups -OCH3 is 1. The molecule has 0 heterocycles. The fourth-order valence-electron chi connectivity index (χ4n) is 2.21. The second-order valence-electron chi connectivity index (χ2n) is 5.65. The van der Waals surface area contributed by atoms with Crippen LogP contribution < -0.4 is 14.8 Å². The van der Waals surface area contributed by atoms with Gasteiger partial charge in [0.05, 0.1) is 22.6 Å². The van der Waals surface area contributed by atoms with Crippen LogP contribution in [-0.4, -0.2) is 49.6 Å². The van der Waals surface area contributed by atoms with Crippen LogP contribution in [0.25, 0.3) is 0 Å². The maximum Gasteiger partial charge on any atom is 0.177 e. The van der Waals surface area contributed by atoms with Crippen molar-refractivity contribution in [3.05, 3.63) is 42.5 Å². The summed E-state index contributed by atoms with van der Waals surface area (Å²) in [5.74, 6) is 1.38. The first kappa shape index (κ1) is 20.1. The number of nitrogens with one attached hydrogen (secondary N) is 1. The number of hydrogen-bond acceptors (Lipinski definition) is 7. The molecule has 1 N–H and O–H groups in total. The van der Waals surface area contributed by atoms with Gasteiger partial charge in [0, 0.05) is 19.1 Å². The van der Waals surface area contributed by atoms with Gasteiger partial charge in [0.2, 0.25) is 0 Å². The highest BCUT2D eigenvalue weighted by molar-refractivity contribution is 7.91. The summed E-state index contributed by atoms with van der Waals surface area (Å²) < 4.78 is 57.9. The van der Waals surface area contributed by atoms with E-state index in [1.165, 1.54) is 12.1 Å². The van der Waals surface area contributed by atoms with Crippen molar-refractivity contribution in [2.75, 3.05) is 38.1 Å². The van der Waals surface area contributed by atoms with Crippen molar-refractivity contribution in [1.29, 1.82) is 0 Å². The van der Waals surface area contributed by atoms with E-state index in [0.717, 1.165) is 24.3 Å². The monoisotopic (exact) mass is 399 g/mol. The predicted molar refractivity (Wildman–Crippen MR) is 99.6 cm³/mol. The normalized spacial score (nSPS) is 11.8. The molecule has 2 aromatic carbocycles. The number of sulfone groups is 2. The zero-order valence-corrected chi connectivity index (χ0v) is 16.4. The molecule has 0 aliphatic carbocycles. The van der Waals surface area contributed by atoms with Crippen LogP contribution in [-0.2, 0) is 19.7 Å². The minimum atomic E-state index is -3.59. The first-order chi connectivity index (χ1) is 12.1. The van der Waals surface area contributed by atoms with E-state index in [1.807, 2.05) is 0 Å². The third-order valence-corrected chi connectivity index (χ3v) is 5.77. The smallest absolute Gasteiger partial charge is 0.177 e. The van der Waals surface area contributed by atoms with Gasteiger partial charge in [-0.2, -0.15) is 0 Å². The van der Waals surface area contributed by atoms with Crippen LogP contribution in [0.5, 0.6) is 11.5 Å². The van der Waals surface area contributed by atoms with Crippen molar-refractivity contribution >= 4 is 25.4 Å². The highest BCUT2D eigenvalue weighted by Crippen LogP contribution is 2.25. The zero-order chi connectivity index (χ0) is 19.4. The summed E-state index contributed by atoms with van der Waals surface area (Å²) in [4.78, 5) is -0.108. The van der Waals surface area contributed by atoms with E-state index in [1.54, 1.807) is 31.4 Å². The van der Waals surface area contributed by atoms with E-state index in [0.29, 0.717) is 24.6 Å². The fourth-order valence-corrected chi connectivity index (χ4v) is 3.82. The van der Waals surface area contributed by atoms with Gasteiger partial charge >= 0.3 is 0 Å². The predicted octanol–water partition coefficient (Wildman–Crippen LogP) is 1.99. The van der Waals surface area contributed by atoms with Crippen LogP contribution in [0.4, 0.5) is 5.69 Å². The average Bonchev–Trinajstić information content (AvgIpc) is 2.57. The first-order valence-corrected chi connectivity index (χ1v) is 11.4. The Morgan fingerprint density at radius 1 is 0.885 bits per heavy atom. The zero-order valence-electron chi connectivity index (χ0n) is 14.7. The van der Waals surface area contributed by atoms with Gasteiger partial charge in [0.25, 0.3) is 0 Å². The van der Waals surface area contributed by atoms with Gasteiger partial charge in [-0.05, 0) is 42.5 Å². The molecule has 0 radical (unpaired) electrons. The number of anilines is 1. The number of benzene rings is 2. The lowest BCUT2D eigenvalue weighted by atomic mass is 10.3. The lowest BCUT2D eigenvalue weighted by Gasteiger charge is -2.13. The molecule has 142 valence electrons. The summed E-state index contributed by atoms with van der Waals surface area (Å²) in [5.41, 5.74) is 0.332. The second kappa shape index (κ2) is 7.96. The van der Waals surface area contributed by atoms with Crippen molar-refractivity contribution in [2.45, 2.75) is 9.79 Å². The molecule has 2 rings (SSSR count). The molecule has 0 saturated carbocycles. The van der Waals surface area contributed by atoms with Crippen LogP contribution in [0.1, 0.15) is 0 Å². The van der Waals surface area contributed by atoms with Crippen molar-refractivity contribution in [3.63, 3.8) is 0 Å². The van der Waals surface area contributed by atoms with Gasteiger partial charge in [-0.1, -0.05) is 0 Å². The molecule has 2 aromatic rings. The third kappa shape index (κ3) is 5.37. The van der Waals surface area contributed by atoms with Crippen molar-refractivity contribution in [3.8, 4) is 11.5 Å². The van der Waals surface area contributed by atoms with Gasteiger partial charge in [-0.3, -0.25) is 0 Å². The molecule has 0 aromatic heterocycles. The van der Waals surface area contributed by atoms with E-state index < -0.39 is 19.7 Å². The largest absolute Gasteiger partial charge is 0.497 e. The molecule has 7 nitrogen and oxygen atoms in total. The summed E-state index contributed by atoms with van der Waals surface area (Å²) in [5, 5.41) is 2.97. The Morgan fingerprint density at radius 2 is 1.50 bits per heavy atom. The van der Waals surface area contributed by atoms with E-state index >= 15 is 0 Å². The minimum absolute atomic E-state index is 0.0436. The standard InChI is InChI=1S/C17H21NO6S2/c1-23-13-4-6-14(7-5-13)24-11-10-18-16-9-8-15(25(2,19)20)12-17(16)26(3,21)22/h4-9,12,18H,10-11H2,1-3H3. The van der Waals surface area contributed by atoms with E-state index in [9.17, 15) is 16.8 Å². The first-order valence-electron chi connectivity index (χ1n) is 7.66. The highest BCUT2D eigenvalue weighted by atomic mass is 32.2. The molecule has 0 saturated heterocycles. The Kier molecular flexibility index (Phi) is 6.14. The molecule has 26 heavy (non-hydrogen) atoms. The Labute approximate surface area is 153 Å². The summed E-state index contributed by atoms with van der Waals surface area (Å²) in [6.45, 7) is 0.635. The topological polar surface area (TPSA) is 98.8 Å². The number of rotatable bonds is 8. The molecule has 0 unspecified atom stereocenters. The summed E-state index contributed by atoms with van der Waals surface area (Å²) in [6.07, 6.45) is 2.07. The minimum Gasteiger partial charge on any atom is -0.497 e. The molecule has 9 heteroatoms. The van der Waals surface area contributed by atoms with Gasteiger partial charge in [0.15, 0.2) is 19.7 Å². The van der Waals surface area contributed by atoms with Gasteiger partial charge in [0.1, 0.15) is 18.1 Å². The molecular formula is C17H21NO6S2. The molecule has 0 amide bonds. The van der Waals surface area contributed by atoms with Gasteiger partial charge in [-0.25, -0.2) is 16.8 Å². The quantitative estimate of drug-likeness (QED) is 0.678. The second-order valence-corrected chi connectivity index (χ2v) is 9.65. The Morgan fingerprint density at radius 3 is 2.04 bits per heavy atom. The summed E-state index contributed by atoms with van der Waals surface area (Å²) >= 11 is 0. The molecule has 0 fully saturated rings. The molecule has 0 aliphatic heterocycles. The van der Waals surface area contributed by atoms with Gasteiger partial charge < -0.3 is 14.8 Å². The Hall–Kier alpha value is -2.26. The van der Waals surface area contributed by atoms with Crippen molar-refractivity contribution in [2.24, 2.45) is 0 Å². The average molecular weight is 399 g/mol.